The number of carboxylic acid groups (broad SMARTS) is 1. The fourth-order valence-corrected chi connectivity index (χ4v) is 2.67. The summed E-state index contributed by atoms with van der Waals surface area (Å²) in [4.78, 5) is 22.8. The van der Waals surface area contributed by atoms with Crippen molar-refractivity contribution in [3.05, 3.63) is 0 Å². The Morgan fingerprint density at radius 1 is 1.32 bits per heavy atom. The van der Waals surface area contributed by atoms with E-state index in [2.05, 4.69) is 5.32 Å². The van der Waals surface area contributed by atoms with E-state index in [1.807, 2.05) is 13.8 Å². The zero-order valence-corrected chi connectivity index (χ0v) is 11.3. The van der Waals surface area contributed by atoms with E-state index in [9.17, 15) is 9.59 Å². The summed E-state index contributed by atoms with van der Waals surface area (Å²) in [5.41, 5.74) is 0. The molecule has 1 aliphatic heterocycles. The van der Waals surface area contributed by atoms with E-state index in [1.165, 1.54) is 0 Å². The smallest absolute Gasteiger partial charge is 0.306 e. The molecule has 0 aromatic rings. The molecule has 108 valence electrons. The first-order valence-electron chi connectivity index (χ1n) is 6.69. The van der Waals surface area contributed by atoms with Gasteiger partial charge in [-0.25, -0.2) is 0 Å². The molecule has 1 heterocycles. The number of carbonyl (C=O) groups is 2. The van der Waals surface area contributed by atoms with Crippen LogP contribution >= 0.6 is 0 Å². The van der Waals surface area contributed by atoms with Gasteiger partial charge in [0.1, 0.15) is 6.10 Å². The van der Waals surface area contributed by atoms with Crippen molar-refractivity contribution >= 4 is 11.9 Å². The lowest BCUT2D eigenvalue weighted by Gasteiger charge is -2.18. The van der Waals surface area contributed by atoms with Crippen molar-refractivity contribution in [2.75, 3.05) is 13.2 Å². The van der Waals surface area contributed by atoms with Gasteiger partial charge in [-0.15, -0.1) is 0 Å². The molecular weight excluding hydrogens is 250 g/mol. The summed E-state index contributed by atoms with van der Waals surface area (Å²) >= 11 is 0. The van der Waals surface area contributed by atoms with Gasteiger partial charge in [0.25, 0.3) is 0 Å². The second kappa shape index (κ2) is 5.46. The van der Waals surface area contributed by atoms with E-state index >= 15 is 0 Å². The molecule has 2 N–H and O–H groups in total. The van der Waals surface area contributed by atoms with Crippen LogP contribution in [0.4, 0.5) is 0 Å². The summed E-state index contributed by atoms with van der Waals surface area (Å²) in [6.07, 6.45) is 1.55. The van der Waals surface area contributed by atoms with Crippen molar-refractivity contribution in [1.82, 2.24) is 5.32 Å². The Morgan fingerprint density at radius 2 is 2.00 bits per heavy atom. The Labute approximate surface area is 112 Å². The zero-order valence-electron chi connectivity index (χ0n) is 11.3. The average Bonchev–Trinajstić information content (AvgIpc) is 2.92. The quantitative estimate of drug-likeness (QED) is 0.788. The van der Waals surface area contributed by atoms with E-state index in [4.69, 9.17) is 14.6 Å². The molecule has 1 aliphatic carbocycles. The minimum atomic E-state index is -0.801. The maximum atomic E-state index is 11.9. The number of ether oxygens (including phenoxy) is 2. The number of aliphatic carboxylic acids is 1. The van der Waals surface area contributed by atoms with Crippen LogP contribution in [0, 0.1) is 11.8 Å². The first-order valence-corrected chi connectivity index (χ1v) is 6.69. The van der Waals surface area contributed by atoms with Crippen molar-refractivity contribution in [3.63, 3.8) is 0 Å². The first kappa shape index (κ1) is 14.3. The molecule has 0 radical (unpaired) electrons. The molecule has 2 aliphatic rings. The van der Waals surface area contributed by atoms with Crippen LogP contribution in [0.3, 0.4) is 0 Å². The maximum absolute atomic E-state index is 11.9. The normalized spacial score (nSPS) is 33.3. The van der Waals surface area contributed by atoms with Crippen molar-refractivity contribution in [2.45, 2.75) is 45.0 Å². The molecule has 2 fully saturated rings. The predicted molar refractivity (Wildman–Crippen MR) is 66.4 cm³/mol. The monoisotopic (exact) mass is 271 g/mol. The van der Waals surface area contributed by atoms with Gasteiger partial charge < -0.3 is 19.9 Å². The highest BCUT2D eigenvalue weighted by molar-refractivity contribution is 5.80. The summed E-state index contributed by atoms with van der Waals surface area (Å²) < 4.78 is 11.0. The number of nitrogens with one attached hydrogen (secondary N) is 1. The van der Waals surface area contributed by atoms with Gasteiger partial charge in [-0.05, 0) is 33.1 Å². The van der Waals surface area contributed by atoms with Crippen LogP contribution in [-0.2, 0) is 19.1 Å². The molecule has 1 saturated carbocycles. The van der Waals surface area contributed by atoms with Crippen molar-refractivity contribution in [3.8, 4) is 0 Å². The SMILES string of the molecule is CC1(C)OCC(CNC(=O)C2CCC(C(=O)O)C2)O1. The Hall–Kier alpha value is -1.14. The Kier molecular flexibility index (Phi) is 4.10. The van der Waals surface area contributed by atoms with E-state index in [1.54, 1.807) is 0 Å². The van der Waals surface area contributed by atoms with Crippen LogP contribution < -0.4 is 5.32 Å². The number of amides is 1. The van der Waals surface area contributed by atoms with Crippen molar-refractivity contribution in [2.24, 2.45) is 11.8 Å². The van der Waals surface area contributed by atoms with Gasteiger partial charge in [-0.1, -0.05) is 0 Å². The molecule has 6 nitrogen and oxygen atoms in total. The number of rotatable bonds is 4. The van der Waals surface area contributed by atoms with Crippen LogP contribution in [0.15, 0.2) is 0 Å². The summed E-state index contributed by atoms with van der Waals surface area (Å²) in [7, 11) is 0. The molecule has 19 heavy (non-hydrogen) atoms. The summed E-state index contributed by atoms with van der Waals surface area (Å²) in [5, 5.41) is 11.7. The lowest BCUT2D eigenvalue weighted by Crippen LogP contribution is -2.37. The Bertz CT molecular complexity index is 368. The van der Waals surface area contributed by atoms with E-state index < -0.39 is 11.8 Å². The van der Waals surface area contributed by atoms with Gasteiger partial charge in [-0.3, -0.25) is 9.59 Å². The van der Waals surface area contributed by atoms with Gasteiger partial charge in [0.05, 0.1) is 12.5 Å². The van der Waals surface area contributed by atoms with Gasteiger partial charge in [0.2, 0.25) is 5.91 Å². The van der Waals surface area contributed by atoms with Crippen LogP contribution in [0.1, 0.15) is 33.1 Å². The number of carboxylic acids is 1. The lowest BCUT2D eigenvalue weighted by molar-refractivity contribution is -0.142. The van der Waals surface area contributed by atoms with Crippen molar-refractivity contribution < 1.29 is 24.2 Å². The maximum Gasteiger partial charge on any atom is 0.306 e. The molecular formula is C13H21NO5. The molecule has 1 amide bonds. The van der Waals surface area contributed by atoms with Crippen LogP contribution in [0.2, 0.25) is 0 Å². The molecule has 6 heteroatoms. The van der Waals surface area contributed by atoms with Crippen LogP contribution in [0.5, 0.6) is 0 Å². The third kappa shape index (κ3) is 3.67. The predicted octanol–water partition coefficient (Wildman–Crippen LogP) is 0.755. The summed E-state index contributed by atoms with van der Waals surface area (Å²) in [6, 6.07) is 0. The number of hydrogen-bond acceptors (Lipinski definition) is 4. The minimum Gasteiger partial charge on any atom is -0.481 e. The molecule has 3 unspecified atom stereocenters. The highest BCUT2D eigenvalue weighted by Crippen LogP contribution is 2.31. The lowest BCUT2D eigenvalue weighted by atomic mass is 10.0. The fourth-order valence-electron chi connectivity index (χ4n) is 2.67. The molecule has 3 atom stereocenters. The highest BCUT2D eigenvalue weighted by atomic mass is 16.7. The molecule has 0 aromatic carbocycles. The number of carbonyl (C=O) groups excluding carboxylic acids is 1. The summed E-state index contributed by atoms with van der Waals surface area (Å²) in [6.45, 7) is 4.55. The van der Waals surface area contributed by atoms with Crippen LogP contribution in [-0.4, -0.2) is 42.0 Å². The topological polar surface area (TPSA) is 84.9 Å². The number of hydrogen-bond donors (Lipinski definition) is 2. The Morgan fingerprint density at radius 3 is 2.53 bits per heavy atom. The largest absolute Gasteiger partial charge is 0.481 e. The molecule has 0 bridgehead atoms. The van der Waals surface area contributed by atoms with Gasteiger partial charge in [-0.2, -0.15) is 0 Å². The second-order valence-electron chi connectivity index (χ2n) is 5.74. The molecule has 0 aromatic heterocycles. The minimum absolute atomic E-state index is 0.0722. The molecule has 1 saturated heterocycles. The van der Waals surface area contributed by atoms with E-state index in [0.717, 1.165) is 0 Å². The third-order valence-electron chi connectivity index (χ3n) is 3.72. The molecule has 2 rings (SSSR count). The Balaban J connectivity index is 1.72. The first-order chi connectivity index (χ1) is 8.87. The standard InChI is InChI=1S/C13H21NO5/c1-13(2)18-7-10(19-13)6-14-11(15)8-3-4-9(5-8)12(16)17/h8-10H,3-7H2,1-2H3,(H,14,15)(H,16,17). The summed E-state index contributed by atoms with van der Waals surface area (Å²) in [5.74, 6) is -2.02. The van der Waals surface area contributed by atoms with Crippen LogP contribution in [0.25, 0.3) is 0 Å². The average molecular weight is 271 g/mol. The van der Waals surface area contributed by atoms with E-state index in [-0.39, 0.29) is 23.8 Å². The van der Waals surface area contributed by atoms with Gasteiger partial charge >= 0.3 is 5.97 Å². The van der Waals surface area contributed by atoms with Crippen molar-refractivity contribution in [1.29, 1.82) is 0 Å². The van der Waals surface area contributed by atoms with Gasteiger partial charge in [0.15, 0.2) is 5.79 Å². The second-order valence-corrected chi connectivity index (χ2v) is 5.74. The molecule has 0 spiro atoms. The highest BCUT2D eigenvalue weighted by Gasteiger charge is 2.35. The fraction of sp³-hybridized carbons (Fsp3) is 0.846. The van der Waals surface area contributed by atoms with Gasteiger partial charge in [0, 0.05) is 12.5 Å². The zero-order chi connectivity index (χ0) is 14.0. The third-order valence-corrected chi connectivity index (χ3v) is 3.72. The van der Waals surface area contributed by atoms with E-state index in [0.29, 0.717) is 32.4 Å².